The molecule has 1 amide bonds. The second kappa shape index (κ2) is 5.14. The lowest BCUT2D eigenvalue weighted by molar-refractivity contribution is 0.0774. The van der Waals surface area contributed by atoms with Gasteiger partial charge in [-0.3, -0.25) is 9.89 Å². The van der Waals surface area contributed by atoms with Gasteiger partial charge in [0.25, 0.3) is 5.91 Å². The molecule has 1 aromatic heterocycles. The number of rotatable bonds is 4. The van der Waals surface area contributed by atoms with E-state index in [4.69, 9.17) is 5.73 Å². The summed E-state index contributed by atoms with van der Waals surface area (Å²) in [6.07, 6.45) is 0. The van der Waals surface area contributed by atoms with Gasteiger partial charge < -0.3 is 10.6 Å². The van der Waals surface area contributed by atoms with Crippen molar-refractivity contribution in [1.82, 2.24) is 15.1 Å². The molecule has 0 unspecified atom stereocenters. The van der Waals surface area contributed by atoms with Gasteiger partial charge in [-0.05, 0) is 32.0 Å². The fourth-order valence-electron chi connectivity index (χ4n) is 2.00. The number of carbonyl (C=O) groups excluding carboxylic acids is 1. The number of aromatic nitrogens is 2. The topological polar surface area (TPSA) is 75.0 Å². The number of anilines is 1. The zero-order valence-electron chi connectivity index (χ0n) is 11.2. The minimum Gasteiger partial charge on any atom is -0.399 e. The van der Waals surface area contributed by atoms with Crippen LogP contribution in [0.4, 0.5) is 5.69 Å². The van der Waals surface area contributed by atoms with E-state index >= 15 is 0 Å². The van der Waals surface area contributed by atoms with Gasteiger partial charge in [0.1, 0.15) is 0 Å². The number of nitrogen functional groups attached to an aromatic ring is 1. The molecule has 0 fully saturated rings. The number of likely N-dealkylation sites (N-methyl/N-ethyl adjacent to an activating group) is 1. The Bertz CT molecular complexity index is 629. The summed E-state index contributed by atoms with van der Waals surface area (Å²) < 4.78 is 0. The summed E-state index contributed by atoms with van der Waals surface area (Å²) in [5.41, 5.74) is 8.53. The number of carbonyl (C=O) groups is 1. The first-order valence-electron chi connectivity index (χ1n) is 6.20. The van der Waals surface area contributed by atoms with Crippen LogP contribution in [0.5, 0.6) is 0 Å². The third kappa shape index (κ3) is 2.59. The fourth-order valence-corrected chi connectivity index (χ4v) is 2.00. The standard InChI is InChI=1S/C14H18N4O/c1-4-18(8-9(2)3)14(19)13-11-7-10(15)5-6-12(11)16-17-13/h5-7H,2,4,8,15H2,1,3H3,(H,16,17). The summed E-state index contributed by atoms with van der Waals surface area (Å²) >= 11 is 0. The predicted octanol–water partition coefficient (Wildman–Crippen LogP) is 2.18. The van der Waals surface area contributed by atoms with E-state index in [1.807, 2.05) is 19.9 Å². The van der Waals surface area contributed by atoms with Crippen molar-refractivity contribution in [2.24, 2.45) is 0 Å². The van der Waals surface area contributed by atoms with Crippen molar-refractivity contribution in [2.45, 2.75) is 13.8 Å². The molecular weight excluding hydrogens is 240 g/mol. The number of hydrogen-bond acceptors (Lipinski definition) is 3. The molecule has 0 bridgehead atoms. The molecule has 0 saturated heterocycles. The monoisotopic (exact) mass is 258 g/mol. The zero-order valence-corrected chi connectivity index (χ0v) is 11.2. The van der Waals surface area contributed by atoms with Gasteiger partial charge in [-0.2, -0.15) is 5.10 Å². The van der Waals surface area contributed by atoms with Crippen molar-refractivity contribution in [2.75, 3.05) is 18.8 Å². The van der Waals surface area contributed by atoms with Crippen LogP contribution < -0.4 is 5.73 Å². The van der Waals surface area contributed by atoms with Gasteiger partial charge in [0, 0.05) is 24.2 Å². The number of nitrogens with one attached hydrogen (secondary N) is 1. The van der Waals surface area contributed by atoms with Crippen LogP contribution in [0.1, 0.15) is 24.3 Å². The molecule has 0 saturated carbocycles. The number of H-pyrrole nitrogens is 1. The van der Waals surface area contributed by atoms with Crippen molar-refractivity contribution in [3.8, 4) is 0 Å². The van der Waals surface area contributed by atoms with Crippen molar-refractivity contribution in [3.63, 3.8) is 0 Å². The van der Waals surface area contributed by atoms with Gasteiger partial charge in [0.05, 0.1) is 5.52 Å². The Kier molecular flexibility index (Phi) is 3.55. The molecule has 0 atom stereocenters. The SMILES string of the molecule is C=C(C)CN(CC)C(=O)c1n[nH]c2ccc(N)cc12. The van der Waals surface area contributed by atoms with E-state index in [2.05, 4.69) is 16.8 Å². The van der Waals surface area contributed by atoms with Crippen molar-refractivity contribution in [1.29, 1.82) is 0 Å². The molecule has 19 heavy (non-hydrogen) atoms. The molecule has 1 heterocycles. The first kappa shape index (κ1) is 13.1. The van der Waals surface area contributed by atoms with Crippen LogP contribution in [0.15, 0.2) is 30.4 Å². The van der Waals surface area contributed by atoms with Crippen LogP contribution in [-0.2, 0) is 0 Å². The molecule has 2 rings (SSSR count). The Morgan fingerprint density at radius 3 is 2.89 bits per heavy atom. The van der Waals surface area contributed by atoms with E-state index in [-0.39, 0.29) is 5.91 Å². The highest BCUT2D eigenvalue weighted by molar-refractivity contribution is 6.05. The number of amides is 1. The fraction of sp³-hybridized carbons (Fsp3) is 0.286. The van der Waals surface area contributed by atoms with Crippen LogP contribution in [-0.4, -0.2) is 34.1 Å². The number of aromatic amines is 1. The van der Waals surface area contributed by atoms with E-state index < -0.39 is 0 Å². The van der Waals surface area contributed by atoms with Crippen LogP contribution in [0.3, 0.4) is 0 Å². The van der Waals surface area contributed by atoms with Crippen LogP contribution in [0.25, 0.3) is 10.9 Å². The molecule has 0 aliphatic carbocycles. The molecule has 0 spiro atoms. The molecule has 3 N–H and O–H groups in total. The first-order valence-corrected chi connectivity index (χ1v) is 6.20. The molecule has 100 valence electrons. The maximum absolute atomic E-state index is 12.5. The maximum atomic E-state index is 12.5. The minimum atomic E-state index is -0.109. The van der Waals surface area contributed by atoms with Gasteiger partial charge in [-0.15, -0.1) is 0 Å². The molecular formula is C14H18N4O. The summed E-state index contributed by atoms with van der Waals surface area (Å²) in [4.78, 5) is 14.2. The molecule has 2 aromatic rings. The smallest absolute Gasteiger partial charge is 0.275 e. The molecule has 0 aliphatic rings. The summed E-state index contributed by atoms with van der Waals surface area (Å²) in [5.74, 6) is -0.109. The van der Waals surface area contributed by atoms with Gasteiger partial charge in [0.15, 0.2) is 5.69 Å². The lowest BCUT2D eigenvalue weighted by Crippen LogP contribution is -2.32. The highest BCUT2D eigenvalue weighted by atomic mass is 16.2. The minimum absolute atomic E-state index is 0.109. The average molecular weight is 258 g/mol. The molecule has 5 nitrogen and oxygen atoms in total. The van der Waals surface area contributed by atoms with Gasteiger partial charge >= 0.3 is 0 Å². The lowest BCUT2D eigenvalue weighted by Gasteiger charge is -2.19. The highest BCUT2D eigenvalue weighted by Crippen LogP contribution is 2.20. The summed E-state index contributed by atoms with van der Waals surface area (Å²) in [6.45, 7) is 8.82. The number of nitrogens with zero attached hydrogens (tertiary/aromatic N) is 2. The molecule has 0 aliphatic heterocycles. The Balaban J connectivity index is 2.40. The van der Waals surface area contributed by atoms with Crippen LogP contribution >= 0.6 is 0 Å². The van der Waals surface area contributed by atoms with E-state index in [9.17, 15) is 4.79 Å². The third-order valence-electron chi connectivity index (χ3n) is 2.92. The second-order valence-corrected chi connectivity index (χ2v) is 4.65. The van der Waals surface area contributed by atoms with Crippen molar-refractivity contribution < 1.29 is 4.79 Å². The van der Waals surface area contributed by atoms with Gasteiger partial charge in [-0.1, -0.05) is 12.2 Å². The highest BCUT2D eigenvalue weighted by Gasteiger charge is 2.19. The average Bonchev–Trinajstić information content (AvgIpc) is 2.77. The molecule has 1 aromatic carbocycles. The summed E-state index contributed by atoms with van der Waals surface area (Å²) in [5, 5.41) is 7.72. The zero-order chi connectivity index (χ0) is 14.0. The normalized spacial score (nSPS) is 10.6. The lowest BCUT2D eigenvalue weighted by atomic mass is 10.1. The number of nitrogens with two attached hydrogens (primary N) is 1. The maximum Gasteiger partial charge on any atom is 0.275 e. The largest absolute Gasteiger partial charge is 0.399 e. The third-order valence-corrected chi connectivity index (χ3v) is 2.92. The van der Waals surface area contributed by atoms with E-state index in [0.29, 0.717) is 24.5 Å². The Morgan fingerprint density at radius 1 is 1.53 bits per heavy atom. The van der Waals surface area contributed by atoms with E-state index in [0.717, 1.165) is 16.5 Å². The van der Waals surface area contributed by atoms with Crippen molar-refractivity contribution in [3.05, 3.63) is 36.0 Å². The second-order valence-electron chi connectivity index (χ2n) is 4.65. The summed E-state index contributed by atoms with van der Waals surface area (Å²) in [7, 11) is 0. The van der Waals surface area contributed by atoms with E-state index in [1.165, 1.54) is 0 Å². The van der Waals surface area contributed by atoms with Gasteiger partial charge in [-0.25, -0.2) is 0 Å². The van der Waals surface area contributed by atoms with Gasteiger partial charge in [0.2, 0.25) is 0 Å². The predicted molar refractivity (Wildman–Crippen MR) is 76.9 cm³/mol. The number of benzene rings is 1. The number of hydrogen-bond donors (Lipinski definition) is 2. The Labute approximate surface area is 112 Å². The Hall–Kier alpha value is -2.30. The van der Waals surface area contributed by atoms with Crippen LogP contribution in [0, 0.1) is 0 Å². The Morgan fingerprint density at radius 2 is 2.26 bits per heavy atom. The summed E-state index contributed by atoms with van der Waals surface area (Å²) in [6, 6.07) is 5.37. The first-order chi connectivity index (χ1) is 9.02. The molecule has 5 heteroatoms. The quantitative estimate of drug-likeness (QED) is 0.652. The number of fused-ring (bicyclic) bond motifs is 1. The molecule has 0 radical (unpaired) electrons. The van der Waals surface area contributed by atoms with Crippen LogP contribution in [0.2, 0.25) is 0 Å². The van der Waals surface area contributed by atoms with Crippen molar-refractivity contribution >= 4 is 22.5 Å². The van der Waals surface area contributed by atoms with E-state index in [1.54, 1.807) is 17.0 Å².